The fraction of sp³-hybridized carbons (Fsp3) is 0.476. The number of carbonyl (C=O) groups is 2. The Morgan fingerprint density at radius 2 is 2.07 bits per heavy atom. The first kappa shape index (κ1) is 19.7. The number of methoxy groups -OCH3 is 1. The summed E-state index contributed by atoms with van der Waals surface area (Å²) in [4.78, 5) is 30.6. The van der Waals surface area contributed by atoms with Crippen LogP contribution in [0.15, 0.2) is 17.5 Å². The minimum atomic E-state index is -0.364. The molecular weight excluding hydrogens is 390 g/mol. The molecule has 1 aliphatic carbocycles. The Bertz CT molecular complexity index is 938. The van der Waals surface area contributed by atoms with Crippen molar-refractivity contribution in [1.82, 2.24) is 10.3 Å². The van der Waals surface area contributed by atoms with Gasteiger partial charge in [0.25, 0.3) is 5.91 Å². The van der Waals surface area contributed by atoms with Gasteiger partial charge in [0, 0.05) is 29.6 Å². The molecule has 1 aromatic carbocycles. The third-order valence-corrected chi connectivity index (χ3v) is 6.50. The molecule has 1 N–H and O–H groups in total. The minimum absolute atomic E-state index is 0.0523. The van der Waals surface area contributed by atoms with Gasteiger partial charge in [-0.25, -0.2) is 9.78 Å². The summed E-state index contributed by atoms with van der Waals surface area (Å²) >= 11 is 1.31. The van der Waals surface area contributed by atoms with Crippen molar-refractivity contribution in [3.05, 3.63) is 28.1 Å². The molecule has 2 aliphatic rings. The van der Waals surface area contributed by atoms with E-state index in [1.165, 1.54) is 18.4 Å². The van der Waals surface area contributed by atoms with E-state index < -0.39 is 0 Å². The van der Waals surface area contributed by atoms with E-state index in [4.69, 9.17) is 9.47 Å². The monoisotopic (exact) mass is 415 g/mol. The number of ether oxygens (including phenoxy) is 2. The Morgan fingerprint density at radius 3 is 2.72 bits per heavy atom. The van der Waals surface area contributed by atoms with E-state index in [1.54, 1.807) is 11.9 Å². The molecule has 1 saturated carbocycles. The molecule has 7 nitrogen and oxygen atoms in total. The molecule has 0 bridgehead atoms. The molecule has 8 heteroatoms. The van der Waals surface area contributed by atoms with Gasteiger partial charge in [0.1, 0.15) is 5.75 Å². The lowest BCUT2D eigenvalue weighted by atomic mass is 9.92. The molecule has 0 spiro atoms. The zero-order chi connectivity index (χ0) is 20.5. The fourth-order valence-electron chi connectivity index (χ4n) is 3.78. The molecule has 154 valence electrons. The number of aromatic nitrogens is 1. The van der Waals surface area contributed by atoms with Crippen LogP contribution >= 0.6 is 11.3 Å². The van der Waals surface area contributed by atoms with Crippen LogP contribution in [0.1, 0.15) is 48.0 Å². The van der Waals surface area contributed by atoms with Crippen molar-refractivity contribution in [2.75, 3.05) is 19.1 Å². The smallest absolute Gasteiger partial charge is 0.414 e. The van der Waals surface area contributed by atoms with E-state index in [1.807, 2.05) is 24.4 Å². The summed E-state index contributed by atoms with van der Waals surface area (Å²) in [5, 5.41) is 4.91. The van der Waals surface area contributed by atoms with Crippen LogP contribution in [0.3, 0.4) is 0 Å². The van der Waals surface area contributed by atoms with Crippen LogP contribution in [-0.4, -0.2) is 43.3 Å². The number of benzene rings is 1. The second-order valence-corrected chi connectivity index (χ2v) is 8.31. The van der Waals surface area contributed by atoms with Gasteiger partial charge in [0.05, 0.1) is 24.6 Å². The van der Waals surface area contributed by atoms with Gasteiger partial charge in [-0.05, 0) is 51.2 Å². The van der Waals surface area contributed by atoms with Crippen LogP contribution in [0, 0.1) is 0 Å². The third-order valence-electron chi connectivity index (χ3n) is 5.66. The summed E-state index contributed by atoms with van der Waals surface area (Å²) in [6.45, 7) is 2.02. The number of carbonyl (C=O) groups excluding carboxylic acids is 2. The molecule has 1 atom stereocenters. The maximum atomic E-state index is 12.4. The lowest BCUT2D eigenvalue weighted by Crippen LogP contribution is -2.42. The molecule has 1 aromatic heterocycles. The number of anilines is 1. The number of hydrogen-bond acceptors (Lipinski definition) is 6. The number of hydrogen-bond donors (Lipinski definition) is 1. The van der Waals surface area contributed by atoms with Crippen LogP contribution in [0.4, 0.5) is 10.5 Å². The molecule has 1 fully saturated rings. The topological polar surface area (TPSA) is 80.8 Å². The number of nitrogens with one attached hydrogen (secondary N) is 1. The molecule has 2 aromatic rings. The Labute approximate surface area is 174 Å². The van der Waals surface area contributed by atoms with Gasteiger partial charge >= 0.3 is 6.09 Å². The number of thiazole rings is 1. The molecule has 0 saturated heterocycles. The van der Waals surface area contributed by atoms with Gasteiger partial charge in [0.2, 0.25) is 0 Å². The number of amides is 2. The van der Waals surface area contributed by atoms with E-state index in [-0.39, 0.29) is 24.1 Å². The SMILES string of the molecule is CNC(=O)c1nc(-c2ccc3c(c2OC2CCC2)CC[C@H](C)N3C(=O)OC)cs1. The molecule has 29 heavy (non-hydrogen) atoms. The van der Waals surface area contributed by atoms with E-state index in [9.17, 15) is 9.59 Å². The van der Waals surface area contributed by atoms with Crippen LogP contribution in [0.5, 0.6) is 5.75 Å². The second-order valence-electron chi connectivity index (χ2n) is 7.46. The molecule has 4 rings (SSSR count). The summed E-state index contributed by atoms with van der Waals surface area (Å²) in [7, 11) is 3.00. The highest BCUT2D eigenvalue weighted by Crippen LogP contribution is 2.44. The second kappa shape index (κ2) is 8.02. The largest absolute Gasteiger partial charge is 0.489 e. The molecule has 2 heterocycles. The quantitative estimate of drug-likeness (QED) is 0.816. The average molecular weight is 416 g/mol. The van der Waals surface area contributed by atoms with Crippen LogP contribution in [-0.2, 0) is 11.2 Å². The molecular formula is C21H25N3O4S. The van der Waals surface area contributed by atoms with Gasteiger partial charge < -0.3 is 14.8 Å². The van der Waals surface area contributed by atoms with Gasteiger partial charge in [-0.3, -0.25) is 9.69 Å². The Hall–Kier alpha value is -2.61. The summed E-state index contributed by atoms with van der Waals surface area (Å²) in [6, 6.07) is 3.92. The summed E-state index contributed by atoms with van der Waals surface area (Å²) in [6.07, 6.45) is 4.68. The Balaban J connectivity index is 1.81. The van der Waals surface area contributed by atoms with Crippen LogP contribution in [0.2, 0.25) is 0 Å². The zero-order valence-electron chi connectivity index (χ0n) is 16.9. The normalized spacial score (nSPS) is 18.6. The van der Waals surface area contributed by atoms with Crippen molar-refractivity contribution in [2.24, 2.45) is 0 Å². The third kappa shape index (κ3) is 3.57. The molecule has 0 unspecified atom stereocenters. The number of fused-ring (bicyclic) bond motifs is 1. The highest BCUT2D eigenvalue weighted by Gasteiger charge is 2.33. The van der Waals surface area contributed by atoms with Gasteiger partial charge in [0.15, 0.2) is 5.01 Å². The Kier molecular flexibility index (Phi) is 5.45. The van der Waals surface area contributed by atoms with Crippen molar-refractivity contribution >= 4 is 29.0 Å². The maximum absolute atomic E-state index is 12.4. The maximum Gasteiger partial charge on any atom is 0.414 e. The van der Waals surface area contributed by atoms with Crippen LogP contribution in [0.25, 0.3) is 11.3 Å². The fourth-order valence-corrected chi connectivity index (χ4v) is 4.54. The number of nitrogens with zero attached hydrogens (tertiary/aromatic N) is 2. The van der Waals surface area contributed by atoms with Gasteiger partial charge in [-0.2, -0.15) is 0 Å². The van der Waals surface area contributed by atoms with Crippen molar-refractivity contribution in [3.63, 3.8) is 0 Å². The summed E-state index contributed by atoms with van der Waals surface area (Å²) in [5.74, 6) is 0.577. The molecule has 0 radical (unpaired) electrons. The molecule has 1 aliphatic heterocycles. The van der Waals surface area contributed by atoms with E-state index in [2.05, 4.69) is 10.3 Å². The first-order chi connectivity index (χ1) is 14.0. The standard InChI is InChI=1S/C21H25N3O4S/c1-12-7-8-15-17(24(12)21(26)27-3)10-9-14(18(15)28-13-5-4-6-13)16-11-29-20(23-16)19(25)22-2/h9-13H,4-8H2,1-3H3,(H,22,25)/t12-/m0/s1. The first-order valence-corrected chi connectivity index (χ1v) is 10.8. The minimum Gasteiger partial charge on any atom is -0.489 e. The highest BCUT2D eigenvalue weighted by atomic mass is 32.1. The number of rotatable bonds is 4. The average Bonchev–Trinajstić information content (AvgIpc) is 3.19. The lowest BCUT2D eigenvalue weighted by Gasteiger charge is -2.36. The van der Waals surface area contributed by atoms with Crippen molar-refractivity contribution < 1.29 is 19.1 Å². The van der Waals surface area contributed by atoms with E-state index in [0.717, 1.165) is 54.7 Å². The van der Waals surface area contributed by atoms with Crippen LogP contribution < -0.4 is 15.0 Å². The summed E-state index contributed by atoms with van der Waals surface area (Å²) < 4.78 is 11.4. The predicted octanol–water partition coefficient (Wildman–Crippen LogP) is 4.01. The predicted molar refractivity (Wildman–Crippen MR) is 112 cm³/mol. The lowest BCUT2D eigenvalue weighted by molar-refractivity contribution is 0.0962. The van der Waals surface area contributed by atoms with Crippen molar-refractivity contribution in [1.29, 1.82) is 0 Å². The van der Waals surface area contributed by atoms with Gasteiger partial charge in [-0.15, -0.1) is 11.3 Å². The highest BCUT2D eigenvalue weighted by molar-refractivity contribution is 7.12. The zero-order valence-corrected chi connectivity index (χ0v) is 17.7. The van der Waals surface area contributed by atoms with Crippen molar-refractivity contribution in [3.8, 4) is 17.0 Å². The van der Waals surface area contributed by atoms with E-state index in [0.29, 0.717) is 10.7 Å². The first-order valence-electron chi connectivity index (χ1n) is 9.91. The van der Waals surface area contributed by atoms with Crippen molar-refractivity contribution in [2.45, 2.75) is 51.2 Å². The summed E-state index contributed by atoms with van der Waals surface area (Å²) in [5.41, 5.74) is 3.42. The Morgan fingerprint density at radius 1 is 1.28 bits per heavy atom. The van der Waals surface area contributed by atoms with E-state index >= 15 is 0 Å². The molecule has 2 amide bonds. The van der Waals surface area contributed by atoms with Gasteiger partial charge in [-0.1, -0.05) is 0 Å².